The topological polar surface area (TPSA) is 72.2 Å². The minimum absolute atomic E-state index is 0.0590. The van der Waals surface area contributed by atoms with Gasteiger partial charge in [0.15, 0.2) is 5.76 Å². The standard InChI is InChI=1S/C16H11ClN2O3/c1-9-2-3-10-7-13(22-16(21)12(10)6-9)15(20)19-11-4-5-14(17)18-8-11/h2-8H,1H3,(H,19,20). The fraction of sp³-hybridized carbons (Fsp3) is 0.0625. The Morgan fingerprint density at radius 2 is 2.05 bits per heavy atom. The molecule has 0 saturated heterocycles. The normalized spacial score (nSPS) is 10.6. The van der Waals surface area contributed by atoms with Gasteiger partial charge in [-0.15, -0.1) is 0 Å². The molecular formula is C16H11ClN2O3. The number of halogens is 1. The summed E-state index contributed by atoms with van der Waals surface area (Å²) in [6.07, 6.45) is 1.42. The Labute approximate surface area is 130 Å². The third kappa shape index (κ3) is 2.84. The molecule has 1 aromatic carbocycles. The molecular weight excluding hydrogens is 304 g/mol. The summed E-state index contributed by atoms with van der Waals surface area (Å²) in [5, 5.41) is 4.02. The summed E-state index contributed by atoms with van der Waals surface area (Å²) in [7, 11) is 0. The van der Waals surface area contributed by atoms with Gasteiger partial charge in [-0.25, -0.2) is 9.78 Å². The summed E-state index contributed by atoms with van der Waals surface area (Å²) < 4.78 is 5.09. The Morgan fingerprint density at radius 3 is 2.77 bits per heavy atom. The number of aryl methyl sites for hydroxylation is 1. The number of fused-ring (bicyclic) bond motifs is 1. The summed E-state index contributed by atoms with van der Waals surface area (Å²) in [6, 6.07) is 10.1. The fourth-order valence-electron chi connectivity index (χ4n) is 2.05. The van der Waals surface area contributed by atoms with Crippen molar-refractivity contribution in [2.45, 2.75) is 6.92 Å². The minimum atomic E-state index is -0.541. The van der Waals surface area contributed by atoms with Gasteiger partial charge in [-0.1, -0.05) is 29.3 Å². The molecule has 0 aliphatic rings. The summed E-state index contributed by atoms with van der Waals surface area (Å²) in [5.41, 5.74) is 0.867. The van der Waals surface area contributed by atoms with Gasteiger partial charge in [-0.3, -0.25) is 4.79 Å². The molecule has 0 aliphatic carbocycles. The third-order valence-electron chi connectivity index (χ3n) is 3.13. The van der Waals surface area contributed by atoms with Gasteiger partial charge in [0, 0.05) is 0 Å². The molecule has 0 saturated carbocycles. The van der Waals surface area contributed by atoms with Crippen molar-refractivity contribution in [3.63, 3.8) is 0 Å². The predicted octanol–water partition coefficient (Wildman–Crippen LogP) is 3.40. The highest BCUT2D eigenvalue weighted by Crippen LogP contribution is 2.16. The van der Waals surface area contributed by atoms with E-state index in [1.807, 2.05) is 13.0 Å². The average molecular weight is 315 g/mol. The maximum atomic E-state index is 12.2. The van der Waals surface area contributed by atoms with Crippen LogP contribution in [-0.2, 0) is 0 Å². The van der Waals surface area contributed by atoms with E-state index in [1.165, 1.54) is 12.3 Å². The number of rotatable bonds is 2. The zero-order valence-electron chi connectivity index (χ0n) is 11.6. The van der Waals surface area contributed by atoms with Crippen LogP contribution in [0.5, 0.6) is 0 Å². The Morgan fingerprint density at radius 1 is 1.23 bits per heavy atom. The first kappa shape index (κ1) is 14.3. The number of carbonyl (C=O) groups excluding carboxylic acids is 1. The number of carbonyl (C=O) groups is 1. The lowest BCUT2D eigenvalue weighted by molar-refractivity contribution is 0.0993. The lowest BCUT2D eigenvalue weighted by atomic mass is 10.1. The second-order valence-corrected chi connectivity index (χ2v) is 5.20. The maximum Gasteiger partial charge on any atom is 0.344 e. The smallest absolute Gasteiger partial charge is 0.344 e. The van der Waals surface area contributed by atoms with Crippen LogP contribution in [0.15, 0.2) is 51.8 Å². The second-order valence-electron chi connectivity index (χ2n) is 4.81. The quantitative estimate of drug-likeness (QED) is 0.736. The van der Waals surface area contributed by atoms with E-state index in [0.29, 0.717) is 21.6 Å². The molecule has 0 unspecified atom stereocenters. The molecule has 1 amide bonds. The molecule has 5 nitrogen and oxygen atoms in total. The van der Waals surface area contributed by atoms with Gasteiger partial charge in [0.05, 0.1) is 17.3 Å². The van der Waals surface area contributed by atoms with Crippen molar-refractivity contribution < 1.29 is 9.21 Å². The van der Waals surface area contributed by atoms with Crippen LogP contribution in [0.25, 0.3) is 10.8 Å². The number of anilines is 1. The molecule has 2 aromatic heterocycles. The number of aromatic nitrogens is 1. The molecule has 2 heterocycles. The number of amides is 1. The molecule has 110 valence electrons. The maximum absolute atomic E-state index is 12.2. The van der Waals surface area contributed by atoms with Gasteiger partial charge >= 0.3 is 5.63 Å². The summed E-state index contributed by atoms with van der Waals surface area (Å²) >= 11 is 5.68. The SMILES string of the molecule is Cc1ccc2cc(C(=O)Nc3ccc(Cl)nc3)oc(=O)c2c1. The van der Waals surface area contributed by atoms with Crippen molar-refractivity contribution in [2.75, 3.05) is 5.32 Å². The summed E-state index contributed by atoms with van der Waals surface area (Å²) in [5.74, 6) is -0.583. The van der Waals surface area contributed by atoms with Crippen LogP contribution >= 0.6 is 11.6 Å². The lowest BCUT2D eigenvalue weighted by Crippen LogP contribution is -2.15. The van der Waals surface area contributed by atoms with E-state index in [9.17, 15) is 9.59 Å². The molecule has 0 aliphatic heterocycles. The Balaban J connectivity index is 1.96. The number of benzene rings is 1. The van der Waals surface area contributed by atoms with E-state index in [2.05, 4.69) is 10.3 Å². The highest BCUT2D eigenvalue weighted by Gasteiger charge is 2.12. The fourth-order valence-corrected chi connectivity index (χ4v) is 2.16. The highest BCUT2D eigenvalue weighted by molar-refractivity contribution is 6.29. The number of nitrogens with one attached hydrogen (secondary N) is 1. The molecule has 1 N–H and O–H groups in total. The molecule has 0 radical (unpaired) electrons. The zero-order chi connectivity index (χ0) is 15.7. The van der Waals surface area contributed by atoms with Crippen molar-refractivity contribution in [1.82, 2.24) is 4.98 Å². The molecule has 0 spiro atoms. The predicted molar refractivity (Wildman–Crippen MR) is 84.4 cm³/mol. The van der Waals surface area contributed by atoms with Crippen molar-refractivity contribution in [3.8, 4) is 0 Å². The minimum Gasteiger partial charge on any atom is -0.417 e. The molecule has 6 heteroatoms. The van der Waals surface area contributed by atoms with E-state index < -0.39 is 11.5 Å². The number of hydrogen-bond acceptors (Lipinski definition) is 4. The van der Waals surface area contributed by atoms with Crippen molar-refractivity contribution in [3.05, 3.63) is 69.5 Å². The van der Waals surface area contributed by atoms with Crippen LogP contribution in [0.2, 0.25) is 5.15 Å². The van der Waals surface area contributed by atoms with Gasteiger partial charge < -0.3 is 9.73 Å². The van der Waals surface area contributed by atoms with Crippen molar-refractivity contribution >= 4 is 34.0 Å². The Bertz CT molecular complexity index is 917. The molecule has 3 aromatic rings. The van der Waals surface area contributed by atoms with Crippen LogP contribution in [0.4, 0.5) is 5.69 Å². The first-order valence-electron chi connectivity index (χ1n) is 6.50. The van der Waals surface area contributed by atoms with Gasteiger partial charge in [-0.2, -0.15) is 0 Å². The molecule has 0 bridgehead atoms. The van der Waals surface area contributed by atoms with Gasteiger partial charge in [0.2, 0.25) is 0 Å². The highest BCUT2D eigenvalue weighted by atomic mass is 35.5. The van der Waals surface area contributed by atoms with Crippen LogP contribution in [0, 0.1) is 6.92 Å². The van der Waals surface area contributed by atoms with E-state index in [4.69, 9.17) is 16.0 Å². The van der Waals surface area contributed by atoms with Crippen LogP contribution in [0.3, 0.4) is 0 Å². The first-order valence-corrected chi connectivity index (χ1v) is 6.88. The number of nitrogens with zero attached hydrogens (tertiary/aromatic N) is 1. The monoisotopic (exact) mass is 314 g/mol. The van der Waals surface area contributed by atoms with Crippen LogP contribution in [-0.4, -0.2) is 10.9 Å². The molecule has 22 heavy (non-hydrogen) atoms. The summed E-state index contributed by atoms with van der Waals surface area (Å²) in [4.78, 5) is 28.0. The zero-order valence-corrected chi connectivity index (χ0v) is 12.3. The molecule has 0 atom stereocenters. The first-order chi connectivity index (χ1) is 10.5. The third-order valence-corrected chi connectivity index (χ3v) is 3.35. The average Bonchev–Trinajstić information content (AvgIpc) is 2.50. The van der Waals surface area contributed by atoms with Gasteiger partial charge in [-0.05, 0) is 36.6 Å². The summed E-state index contributed by atoms with van der Waals surface area (Å²) in [6.45, 7) is 1.88. The van der Waals surface area contributed by atoms with E-state index in [-0.39, 0.29) is 5.76 Å². The van der Waals surface area contributed by atoms with Crippen molar-refractivity contribution in [2.24, 2.45) is 0 Å². The van der Waals surface area contributed by atoms with E-state index >= 15 is 0 Å². The molecule has 3 rings (SSSR count). The van der Waals surface area contributed by atoms with Gasteiger partial charge in [0.1, 0.15) is 5.15 Å². The van der Waals surface area contributed by atoms with E-state index in [1.54, 1.807) is 24.3 Å². The van der Waals surface area contributed by atoms with Gasteiger partial charge in [0.25, 0.3) is 5.91 Å². The Hall–Kier alpha value is -2.66. The Kier molecular flexibility index (Phi) is 3.65. The van der Waals surface area contributed by atoms with Crippen LogP contribution in [0.1, 0.15) is 16.1 Å². The largest absolute Gasteiger partial charge is 0.417 e. The van der Waals surface area contributed by atoms with Crippen LogP contribution < -0.4 is 10.9 Å². The number of hydrogen-bond donors (Lipinski definition) is 1. The number of pyridine rings is 1. The van der Waals surface area contributed by atoms with E-state index in [0.717, 1.165) is 5.56 Å². The van der Waals surface area contributed by atoms with Crippen molar-refractivity contribution in [1.29, 1.82) is 0 Å². The molecule has 0 fully saturated rings. The second kappa shape index (κ2) is 5.61. The lowest BCUT2D eigenvalue weighted by Gasteiger charge is -2.05.